The highest BCUT2D eigenvalue weighted by Gasteiger charge is 2.19. The van der Waals surface area contributed by atoms with Gasteiger partial charge in [0, 0.05) is 11.4 Å². The molecule has 0 aromatic carbocycles. The maximum absolute atomic E-state index is 11.4. The minimum Gasteiger partial charge on any atom is -0.539 e. The lowest BCUT2D eigenvalue weighted by atomic mass is 10.3. The number of rotatable bonds is 5. The second-order valence-corrected chi connectivity index (χ2v) is 5.06. The lowest BCUT2D eigenvalue weighted by Crippen LogP contribution is -2.43. The van der Waals surface area contributed by atoms with E-state index < -0.39 is 0 Å². The molecule has 92 valence electrons. The van der Waals surface area contributed by atoms with E-state index in [2.05, 4.69) is 21.2 Å². The van der Waals surface area contributed by atoms with Gasteiger partial charge in [-0.1, -0.05) is 10.7 Å². The summed E-state index contributed by atoms with van der Waals surface area (Å²) in [6, 6.07) is 4.19. The lowest BCUT2D eigenvalue weighted by molar-refractivity contribution is -0.785. The van der Waals surface area contributed by atoms with Crippen molar-refractivity contribution < 1.29 is 14.3 Å². The monoisotopic (exact) mass is 253 g/mol. The van der Waals surface area contributed by atoms with Crippen LogP contribution < -0.4 is 15.1 Å². The topological polar surface area (TPSA) is 65.0 Å². The minimum absolute atomic E-state index is 0.125. The number of nitrogens with one attached hydrogen (secondary N) is 1. The molecule has 0 amide bonds. The zero-order valence-electron chi connectivity index (χ0n) is 9.84. The van der Waals surface area contributed by atoms with E-state index in [0.717, 1.165) is 6.54 Å². The molecule has 0 radical (unpaired) electrons. The molecule has 0 atom stereocenters. The van der Waals surface area contributed by atoms with Crippen LogP contribution in [0.25, 0.3) is 0 Å². The zero-order valence-corrected chi connectivity index (χ0v) is 10.7. The van der Waals surface area contributed by atoms with E-state index in [4.69, 9.17) is 0 Å². The Morgan fingerprint density at radius 2 is 2.35 bits per heavy atom. The van der Waals surface area contributed by atoms with Crippen molar-refractivity contribution >= 4 is 11.3 Å². The van der Waals surface area contributed by atoms with Crippen LogP contribution in [0.4, 0.5) is 0 Å². The summed E-state index contributed by atoms with van der Waals surface area (Å²) in [5.41, 5.74) is 0.566. The van der Waals surface area contributed by atoms with Gasteiger partial charge in [-0.05, 0) is 25.3 Å². The molecule has 2 rings (SSSR count). The van der Waals surface area contributed by atoms with Crippen LogP contribution in [0.3, 0.4) is 0 Å². The average Bonchev–Trinajstić information content (AvgIpc) is 2.89. The van der Waals surface area contributed by atoms with Crippen molar-refractivity contribution in [1.29, 1.82) is 0 Å². The van der Waals surface area contributed by atoms with Crippen molar-refractivity contribution in [2.75, 3.05) is 0 Å². The summed E-state index contributed by atoms with van der Waals surface area (Å²) < 4.78 is 6.28. The minimum atomic E-state index is -0.364. The molecule has 2 aromatic heterocycles. The van der Waals surface area contributed by atoms with Crippen LogP contribution in [0.2, 0.25) is 0 Å². The van der Waals surface area contributed by atoms with Crippen LogP contribution >= 0.6 is 11.3 Å². The van der Waals surface area contributed by atoms with Crippen LogP contribution in [-0.4, -0.2) is 5.27 Å². The summed E-state index contributed by atoms with van der Waals surface area (Å²) in [6.45, 7) is 5.15. The van der Waals surface area contributed by atoms with E-state index in [1.54, 1.807) is 16.0 Å². The van der Waals surface area contributed by atoms with Gasteiger partial charge < -0.3 is 14.9 Å². The average molecular weight is 253 g/mol. The Labute approximate surface area is 104 Å². The first-order chi connectivity index (χ1) is 8.18. The molecule has 0 aliphatic rings. The molecule has 17 heavy (non-hydrogen) atoms. The molecule has 0 spiro atoms. The molecule has 0 saturated heterocycles. The quantitative estimate of drug-likeness (QED) is 0.806. The van der Waals surface area contributed by atoms with Crippen molar-refractivity contribution in [1.82, 2.24) is 10.6 Å². The molecule has 6 heteroatoms. The van der Waals surface area contributed by atoms with Gasteiger partial charge in [-0.25, -0.2) is 0 Å². The fourth-order valence-electron chi connectivity index (χ4n) is 1.55. The standard InChI is InChI=1S/C11H15N3O2S/c1-8(2)14-10(11(15)16-13-14)7-12-6-9-4-3-5-17-9/h3-5,8,12H,6-7H2,1-2H3. The summed E-state index contributed by atoms with van der Waals surface area (Å²) in [4.78, 5) is 1.24. The summed E-state index contributed by atoms with van der Waals surface area (Å²) in [5, 5.41) is 20.4. The third kappa shape index (κ3) is 2.83. The Balaban J connectivity index is 1.96. The molecule has 0 fully saturated rings. The fraction of sp³-hybridized carbons (Fsp3) is 0.455. The highest BCUT2D eigenvalue weighted by atomic mass is 32.1. The molecule has 5 nitrogen and oxygen atoms in total. The summed E-state index contributed by atoms with van der Waals surface area (Å²) in [7, 11) is 0. The Bertz CT molecular complexity index is 465. The molecular formula is C11H15N3O2S. The second kappa shape index (κ2) is 5.29. The molecule has 0 bridgehead atoms. The number of hydrogen-bond acceptors (Lipinski definition) is 5. The second-order valence-electron chi connectivity index (χ2n) is 4.03. The normalized spacial score (nSPS) is 11.2. The van der Waals surface area contributed by atoms with Gasteiger partial charge in [0.25, 0.3) is 0 Å². The van der Waals surface area contributed by atoms with Gasteiger partial charge in [0.05, 0.1) is 11.8 Å². The van der Waals surface area contributed by atoms with Crippen molar-refractivity contribution in [3.05, 3.63) is 28.1 Å². The smallest absolute Gasteiger partial charge is 0.247 e. The Morgan fingerprint density at radius 1 is 1.53 bits per heavy atom. The van der Waals surface area contributed by atoms with Crippen molar-refractivity contribution in [3.8, 4) is 5.95 Å². The number of aromatic nitrogens is 2. The first-order valence-corrected chi connectivity index (χ1v) is 6.37. The van der Waals surface area contributed by atoms with Gasteiger partial charge in [0.2, 0.25) is 5.69 Å². The lowest BCUT2D eigenvalue weighted by Gasteiger charge is -2.02. The number of hydrogen-bond donors (Lipinski definition) is 1. The van der Waals surface area contributed by atoms with Gasteiger partial charge in [0.1, 0.15) is 0 Å². The van der Waals surface area contributed by atoms with Gasteiger partial charge in [-0.3, -0.25) is 0 Å². The Hall–Kier alpha value is -1.40. The molecule has 0 saturated carbocycles. The highest BCUT2D eigenvalue weighted by molar-refractivity contribution is 7.09. The van der Waals surface area contributed by atoms with Gasteiger partial charge in [0.15, 0.2) is 12.0 Å². The van der Waals surface area contributed by atoms with Crippen LogP contribution in [0.1, 0.15) is 30.5 Å². The molecule has 1 N–H and O–H groups in total. The largest absolute Gasteiger partial charge is 0.539 e. The Kier molecular flexibility index (Phi) is 3.75. The third-order valence-electron chi connectivity index (χ3n) is 2.38. The Morgan fingerprint density at radius 3 is 3.00 bits per heavy atom. The van der Waals surface area contributed by atoms with Crippen LogP contribution in [-0.2, 0) is 13.1 Å². The number of thiophene rings is 1. The molecular weight excluding hydrogens is 238 g/mol. The molecule has 0 aliphatic heterocycles. The van der Waals surface area contributed by atoms with E-state index in [9.17, 15) is 5.11 Å². The van der Waals surface area contributed by atoms with E-state index in [0.29, 0.717) is 12.2 Å². The summed E-state index contributed by atoms with van der Waals surface area (Å²) in [6.07, 6.45) is 0. The van der Waals surface area contributed by atoms with Crippen molar-refractivity contribution in [2.24, 2.45) is 0 Å². The maximum atomic E-state index is 11.4. The first kappa shape index (κ1) is 12.1. The molecule has 0 aliphatic carbocycles. The van der Waals surface area contributed by atoms with Crippen molar-refractivity contribution in [3.63, 3.8) is 0 Å². The van der Waals surface area contributed by atoms with Crippen LogP contribution in [0, 0.1) is 0 Å². The van der Waals surface area contributed by atoms with Gasteiger partial charge in [-0.15, -0.1) is 11.3 Å². The zero-order chi connectivity index (χ0) is 12.3. The van der Waals surface area contributed by atoms with E-state index in [-0.39, 0.29) is 12.0 Å². The first-order valence-electron chi connectivity index (χ1n) is 5.49. The summed E-state index contributed by atoms with van der Waals surface area (Å²) >= 11 is 1.69. The number of nitrogens with zero attached hydrogens (tertiary/aromatic N) is 2. The van der Waals surface area contributed by atoms with E-state index >= 15 is 0 Å². The predicted molar refractivity (Wildman–Crippen MR) is 61.4 cm³/mol. The van der Waals surface area contributed by atoms with Crippen LogP contribution in [0.15, 0.2) is 22.0 Å². The van der Waals surface area contributed by atoms with Crippen LogP contribution in [0.5, 0.6) is 5.95 Å². The van der Waals surface area contributed by atoms with E-state index in [1.807, 2.05) is 25.3 Å². The van der Waals surface area contributed by atoms with Gasteiger partial charge >= 0.3 is 0 Å². The fourth-order valence-corrected chi connectivity index (χ4v) is 2.23. The SMILES string of the molecule is CC(C)[n+]1noc([O-])c1CNCc1cccs1. The molecule has 0 unspecified atom stereocenters. The third-order valence-corrected chi connectivity index (χ3v) is 3.26. The highest BCUT2D eigenvalue weighted by Crippen LogP contribution is 2.11. The maximum Gasteiger partial charge on any atom is 0.247 e. The summed E-state index contributed by atoms with van der Waals surface area (Å²) in [5.74, 6) is -0.364. The molecule has 2 aromatic rings. The molecule has 2 heterocycles. The van der Waals surface area contributed by atoms with Crippen molar-refractivity contribution in [2.45, 2.75) is 33.0 Å². The van der Waals surface area contributed by atoms with E-state index in [1.165, 1.54) is 4.88 Å². The van der Waals surface area contributed by atoms with Gasteiger partial charge in [-0.2, -0.15) is 0 Å². The predicted octanol–water partition coefficient (Wildman–Crippen LogP) is 0.968.